The van der Waals surface area contributed by atoms with Crippen molar-refractivity contribution in [3.05, 3.63) is 23.6 Å². The number of amidine groups is 1. The minimum atomic E-state index is -2.91. The van der Waals surface area contributed by atoms with Crippen LogP contribution in [0.5, 0.6) is 0 Å². The van der Waals surface area contributed by atoms with E-state index in [9.17, 15) is 9.00 Å². The number of pyridine rings is 1. The van der Waals surface area contributed by atoms with Gasteiger partial charge in [-0.1, -0.05) is 0 Å². The van der Waals surface area contributed by atoms with Crippen molar-refractivity contribution < 1.29 is 18.1 Å². The Bertz CT molecular complexity index is 1040. The van der Waals surface area contributed by atoms with Crippen LogP contribution >= 0.6 is 0 Å². The highest BCUT2D eigenvalue weighted by atomic mass is 32.2. The van der Waals surface area contributed by atoms with E-state index in [0.717, 1.165) is 6.42 Å². The van der Waals surface area contributed by atoms with Gasteiger partial charge in [-0.3, -0.25) is 10.3 Å². The van der Waals surface area contributed by atoms with Gasteiger partial charge in [-0.25, -0.2) is 22.7 Å². The molecule has 0 saturated carbocycles. The molecule has 10 heteroatoms. The molecule has 0 radical (unpaired) electrons. The van der Waals surface area contributed by atoms with E-state index in [1.165, 1.54) is 12.1 Å². The molecule has 3 atom stereocenters. The summed E-state index contributed by atoms with van der Waals surface area (Å²) in [7, 11) is -2.91. The van der Waals surface area contributed by atoms with Crippen LogP contribution in [0, 0.1) is 5.82 Å². The summed E-state index contributed by atoms with van der Waals surface area (Å²) in [5.41, 5.74) is -2.29. The molecule has 158 valence electrons. The molecule has 0 spiro atoms. The van der Waals surface area contributed by atoms with Gasteiger partial charge in [0.05, 0.1) is 15.0 Å². The number of anilines is 1. The minimum Gasteiger partial charge on any atom is -0.423 e. The maximum Gasteiger partial charge on any atom is 0.414 e. The second-order valence-electron chi connectivity index (χ2n) is 8.85. The van der Waals surface area contributed by atoms with Crippen LogP contribution in [0.15, 0.2) is 21.5 Å². The van der Waals surface area contributed by atoms with Gasteiger partial charge in [-0.05, 0) is 59.6 Å². The molecular weight excluding hydrogens is 397 g/mol. The summed E-state index contributed by atoms with van der Waals surface area (Å²) in [6, 6.07) is 2.78. The maximum absolute atomic E-state index is 15.0. The Balaban J connectivity index is 2.05. The Morgan fingerprint density at radius 3 is 2.69 bits per heavy atom. The number of hydrogen-bond donors (Lipinski definition) is 2. The van der Waals surface area contributed by atoms with Gasteiger partial charge in [0.15, 0.2) is 5.72 Å². The van der Waals surface area contributed by atoms with Gasteiger partial charge in [0, 0.05) is 6.54 Å². The van der Waals surface area contributed by atoms with Crippen LogP contribution in [-0.4, -0.2) is 43.4 Å². The number of rotatable bonds is 0. The second-order valence-corrected chi connectivity index (χ2v) is 11.8. The van der Waals surface area contributed by atoms with Gasteiger partial charge in [-0.15, -0.1) is 0 Å². The molecule has 1 amide bonds. The average molecular weight is 424 g/mol. The van der Waals surface area contributed by atoms with Crippen molar-refractivity contribution in [1.82, 2.24) is 10.3 Å². The van der Waals surface area contributed by atoms with Crippen LogP contribution in [0.4, 0.5) is 15.0 Å². The monoisotopic (exact) mass is 423 g/mol. The number of halogens is 1. The fourth-order valence-corrected chi connectivity index (χ4v) is 7.61. The maximum atomic E-state index is 15.0. The van der Waals surface area contributed by atoms with E-state index in [-0.39, 0.29) is 11.5 Å². The van der Waals surface area contributed by atoms with Crippen LogP contribution in [0.2, 0.25) is 0 Å². The summed E-state index contributed by atoms with van der Waals surface area (Å²) in [5, 5.41) is 5.13. The highest BCUT2D eigenvalue weighted by Gasteiger charge is 2.57. The smallest absolute Gasteiger partial charge is 0.414 e. The second kappa shape index (κ2) is 6.13. The number of ether oxygens (including phenoxy) is 1. The van der Waals surface area contributed by atoms with Crippen molar-refractivity contribution in [2.75, 3.05) is 11.9 Å². The molecule has 4 rings (SSSR count). The van der Waals surface area contributed by atoms with Crippen LogP contribution < -0.4 is 10.6 Å². The molecule has 1 aromatic rings. The first-order valence-electron chi connectivity index (χ1n) is 9.66. The first kappa shape index (κ1) is 20.1. The zero-order chi connectivity index (χ0) is 21.2. The molecule has 3 aliphatic heterocycles. The third-order valence-electron chi connectivity index (χ3n) is 5.89. The fraction of sp³-hybridized carbons (Fsp3) is 0.632. The fourth-order valence-electron chi connectivity index (χ4n) is 4.35. The lowest BCUT2D eigenvalue weighted by Gasteiger charge is -2.48. The first-order valence-corrected chi connectivity index (χ1v) is 11.2. The van der Waals surface area contributed by atoms with E-state index < -0.39 is 42.9 Å². The summed E-state index contributed by atoms with van der Waals surface area (Å²) in [5.74, 6) is -0.0400. The number of amides is 1. The zero-order valence-corrected chi connectivity index (χ0v) is 18.0. The number of cyclic esters (lactones) is 1. The van der Waals surface area contributed by atoms with Gasteiger partial charge in [0.2, 0.25) is 0 Å². The van der Waals surface area contributed by atoms with E-state index in [0.29, 0.717) is 18.8 Å². The molecule has 0 unspecified atom stereocenters. The Kier molecular flexibility index (Phi) is 4.24. The largest absolute Gasteiger partial charge is 0.423 e. The molecule has 0 saturated heterocycles. The molecule has 0 fully saturated rings. The lowest BCUT2D eigenvalue weighted by molar-refractivity contribution is 0.0623. The summed E-state index contributed by atoms with van der Waals surface area (Å²) in [6.07, 6.45) is 0.568. The van der Waals surface area contributed by atoms with Gasteiger partial charge in [0.1, 0.15) is 33.5 Å². The third-order valence-corrected chi connectivity index (χ3v) is 9.58. The number of alkyl carbamates (subject to hydrolysis) is 1. The van der Waals surface area contributed by atoms with Crippen molar-refractivity contribution in [3.8, 4) is 0 Å². The lowest BCUT2D eigenvalue weighted by Crippen LogP contribution is -2.62. The molecule has 2 N–H and O–H groups in total. The summed E-state index contributed by atoms with van der Waals surface area (Å²) < 4.78 is 38.2. The van der Waals surface area contributed by atoms with Gasteiger partial charge in [-0.2, -0.15) is 0 Å². The zero-order valence-electron chi connectivity index (χ0n) is 17.2. The van der Waals surface area contributed by atoms with E-state index in [1.54, 1.807) is 34.6 Å². The number of fused-ring (bicyclic) bond motifs is 6. The van der Waals surface area contributed by atoms with E-state index in [2.05, 4.69) is 20.0 Å². The third kappa shape index (κ3) is 2.91. The van der Waals surface area contributed by atoms with Gasteiger partial charge in [0.25, 0.3) is 0 Å². The van der Waals surface area contributed by atoms with E-state index >= 15 is 4.39 Å². The Labute approximate surface area is 169 Å². The van der Waals surface area contributed by atoms with Crippen molar-refractivity contribution in [3.63, 3.8) is 0 Å². The quantitative estimate of drug-likeness (QED) is 0.667. The van der Waals surface area contributed by atoms with E-state index in [1.807, 2.05) is 0 Å². The molecule has 0 aliphatic carbocycles. The van der Waals surface area contributed by atoms with Crippen LogP contribution in [-0.2, 0) is 20.0 Å². The Morgan fingerprint density at radius 1 is 1.24 bits per heavy atom. The van der Waals surface area contributed by atoms with Crippen molar-refractivity contribution in [1.29, 1.82) is 0 Å². The predicted octanol–water partition coefficient (Wildman–Crippen LogP) is 3.14. The predicted molar refractivity (Wildman–Crippen MR) is 109 cm³/mol. The molecule has 4 heterocycles. The minimum absolute atomic E-state index is 0.0808. The SMILES string of the molecule is CC1(C)Nc2ccc(F)c(n2)[C@@]2(C)N=C(NC(=O)O1)C(C)(C)[S@]1(=O)=NCCC[C@H]21. The molecule has 0 aromatic carbocycles. The average Bonchev–Trinajstić information content (AvgIpc) is 2.61. The lowest BCUT2D eigenvalue weighted by atomic mass is 9.89. The molecule has 8 nitrogen and oxygen atoms in total. The topological polar surface area (TPSA) is 105 Å². The van der Waals surface area contributed by atoms with Crippen molar-refractivity contribution >= 4 is 27.5 Å². The normalized spacial score (nSPS) is 34.8. The number of nitrogens with zero attached hydrogens (tertiary/aromatic N) is 3. The number of carbonyl (C=O) groups is 1. The number of aromatic nitrogens is 1. The van der Waals surface area contributed by atoms with Crippen molar-refractivity contribution in [2.45, 2.75) is 68.7 Å². The number of carbonyl (C=O) groups excluding carboxylic acids is 1. The number of aliphatic imine (C=N–C) groups is 1. The molecule has 3 aliphatic rings. The number of hydrogen-bond acceptors (Lipinski definition) is 7. The Hall–Kier alpha value is -2.23. The molecule has 29 heavy (non-hydrogen) atoms. The van der Waals surface area contributed by atoms with Crippen molar-refractivity contribution in [2.24, 2.45) is 9.36 Å². The highest BCUT2D eigenvalue weighted by Crippen LogP contribution is 2.47. The number of nitrogens with one attached hydrogen (secondary N) is 2. The summed E-state index contributed by atoms with van der Waals surface area (Å²) >= 11 is 0. The standard InChI is InChI=1S/C19H26FN5O3S/c1-17(2)15-23-16(26)28-18(3,4)24-13-9-8-11(20)14(22-13)19(5,25-15)12-7-6-10-21-29(12,17)27/h8-9,12H,6-7,10H2,1-5H3,(H,22,24)(H,23,25,26)/t12-,19+,29+/m1/s1. The Morgan fingerprint density at radius 2 is 1.97 bits per heavy atom. The van der Waals surface area contributed by atoms with Crippen LogP contribution in [0.1, 0.15) is 53.2 Å². The summed E-state index contributed by atoms with van der Waals surface area (Å²) in [6.45, 7) is 8.99. The molecule has 4 bridgehead atoms. The van der Waals surface area contributed by atoms with Gasteiger partial charge >= 0.3 is 6.09 Å². The van der Waals surface area contributed by atoms with Gasteiger partial charge < -0.3 is 10.1 Å². The first-order chi connectivity index (χ1) is 13.4. The highest BCUT2D eigenvalue weighted by molar-refractivity contribution is 7.96. The van der Waals surface area contributed by atoms with Crippen LogP contribution in [0.3, 0.4) is 0 Å². The van der Waals surface area contributed by atoms with E-state index in [4.69, 9.17) is 9.73 Å². The summed E-state index contributed by atoms with van der Waals surface area (Å²) in [4.78, 5) is 21.9. The molecule has 1 aromatic heterocycles. The molecular formula is C19H26FN5O3S. The van der Waals surface area contributed by atoms with Crippen LogP contribution in [0.25, 0.3) is 0 Å².